The van der Waals surface area contributed by atoms with E-state index in [0.717, 1.165) is 55.5 Å². The van der Waals surface area contributed by atoms with Crippen LogP contribution in [0, 0.1) is 11.7 Å². The Morgan fingerprint density at radius 1 is 1.33 bits per heavy atom. The number of rotatable bonds is 6. The van der Waals surface area contributed by atoms with Crippen LogP contribution in [-0.4, -0.2) is 59.7 Å². The van der Waals surface area contributed by atoms with E-state index in [9.17, 15) is 4.39 Å². The number of β-amino-alcohol motifs (C(OH)–C–C–N with tert-alkyl or cyclic N) is 1. The van der Waals surface area contributed by atoms with Gasteiger partial charge in [0.2, 0.25) is 0 Å². The normalized spacial score (nSPS) is 17.0. The summed E-state index contributed by atoms with van der Waals surface area (Å²) in [4.78, 5) is 9.02. The number of halogens is 1. The van der Waals surface area contributed by atoms with Crippen LogP contribution in [0.5, 0.6) is 0 Å². The highest BCUT2D eigenvalue weighted by atomic mass is 19.1. The molecule has 3 rings (SSSR count). The molecule has 1 fully saturated rings. The minimum atomic E-state index is -0.198. The average molecular weight is 331 g/mol. The lowest BCUT2D eigenvalue weighted by Gasteiger charge is -2.33. The van der Waals surface area contributed by atoms with E-state index in [0.29, 0.717) is 12.5 Å². The van der Waals surface area contributed by atoms with E-state index in [-0.39, 0.29) is 12.4 Å². The van der Waals surface area contributed by atoms with Crippen molar-refractivity contribution in [2.24, 2.45) is 5.92 Å². The Balaban J connectivity index is 1.60. The molecule has 0 atom stereocenters. The zero-order valence-corrected chi connectivity index (χ0v) is 14.3. The molecule has 0 radical (unpaired) electrons. The Labute approximate surface area is 142 Å². The third kappa shape index (κ3) is 4.29. The van der Waals surface area contributed by atoms with Crippen LogP contribution < -0.4 is 0 Å². The van der Waals surface area contributed by atoms with Crippen molar-refractivity contribution in [3.63, 3.8) is 0 Å². The summed E-state index contributed by atoms with van der Waals surface area (Å²) >= 11 is 0. The summed E-state index contributed by atoms with van der Waals surface area (Å²) in [5, 5.41) is 9.88. The molecule has 0 saturated carbocycles. The molecule has 1 aromatic carbocycles. The molecule has 1 aliphatic rings. The quantitative estimate of drug-likeness (QED) is 0.883. The summed E-state index contributed by atoms with van der Waals surface area (Å²) < 4.78 is 13.8. The van der Waals surface area contributed by atoms with Gasteiger partial charge in [0.05, 0.1) is 12.1 Å². The number of aromatic nitrogens is 1. The predicted molar refractivity (Wildman–Crippen MR) is 94.3 cm³/mol. The van der Waals surface area contributed by atoms with Gasteiger partial charge in [-0.2, -0.15) is 0 Å². The van der Waals surface area contributed by atoms with E-state index < -0.39 is 0 Å². The van der Waals surface area contributed by atoms with E-state index in [1.807, 2.05) is 12.1 Å². The van der Waals surface area contributed by atoms with Crippen molar-refractivity contribution in [2.75, 3.05) is 39.8 Å². The number of hydrogen-bond donors (Lipinski definition) is 1. The average Bonchev–Trinajstić information content (AvgIpc) is 2.57. The molecule has 2 aromatic rings. The van der Waals surface area contributed by atoms with Crippen LogP contribution in [0.4, 0.5) is 4.39 Å². The Hall–Kier alpha value is -1.56. The first kappa shape index (κ1) is 17.3. The molecule has 1 aliphatic heterocycles. The molecule has 1 aromatic heterocycles. The number of fused-ring (bicyclic) bond motifs is 1. The summed E-state index contributed by atoms with van der Waals surface area (Å²) in [6.45, 7) is 4.86. The molecule has 5 heteroatoms. The van der Waals surface area contributed by atoms with Gasteiger partial charge in [0, 0.05) is 31.2 Å². The Morgan fingerprint density at radius 2 is 2.12 bits per heavy atom. The molecular weight excluding hydrogens is 305 g/mol. The maximum atomic E-state index is 13.8. The van der Waals surface area contributed by atoms with Crippen LogP contribution in [0.3, 0.4) is 0 Å². The number of pyridine rings is 1. The summed E-state index contributed by atoms with van der Waals surface area (Å²) in [6.07, 6.45) is 4.08. The van der Waals surface area contributed by atoms with E-state index >= 15 is 0 Å². The van der Waals surface area contributed by atoms with Gasteiger partial charge >= 0.3 is 0 Å². The second-order valence-corrected chi connectivity index (χ2v) is 6.85. The molecule has 0 bridgehead atoms. The van der Waals surface area contributed by atoms with Gasteiger partial charge in [-0.25, -0.2) is 4.39 Å². The summed E-state index contributed by atoms with van der Waals surface area (Å²) in [6, 6.07) is 6.90. The third-order valence-electron chi connectivity index (χ3n) is 4.88. The van der Waals surface area contributed by atoms with Crippen molar-refractivity contribution in [1.82, 2.24) is 14.8 Å². The Kier molecular flexibility index (Phi) is 5.76. The maximum absolute atomic E-state index is 13.8. The first-order chi connectivity index (χ1) is 11.7. The molecule has 0 spiro atoms. The van der Waals surface area contributed by atoms with Crippen molar-refractivity contribution in [3.8, 4) is 0 Å². The lowest BCUT2D eigenvalue weighted by molar-refractivity contribution is 0.129. The van der Waals surface area contributed by atoms with Crippen LogP contribution in [0.1, 0.15) is 18.4 Å². The summed E-state index contributed by atoms with van der Waals surface area (Å²) in [5.41, 5.74) is 1.84. The first-order valence-electron chi connectivity index (χ1n) is 8.70. The van der Waals surface area contributed by atoms with Gasteiger partial charge < -0.3 is 14.9 Å². The van der Waals surface area contributed by atoms with Crippen LogP contribution in [0.25, 0.3) is 10.9 Å². The molecule has 2 heterocycles. The molecule has 0 unspecified atom stereocenters. The van der Waals surface area contributed by atoms with Crippen molar-refractivity contribution >= 4 is 10.9 Å². The molecule has 1 saturated heterocycles. The van der Waals surface area contributed by atoms with Gasteiger partial charge in [0.15, 0.2) is 0 Å². The number of aliphatic hydroxyl groups excluding tert-OH is 1. The molecule has 130 valence electrons. The number of benzene rings is 1. The Morgan fingerprint density at radius 3 is 2.88 bits per heavy atom. The minimum Gasteiger partial charge on any atom is -0.395 e. The summed E-state index contributed by atoms with van der Waals surface area (Å²) in [7, 11) is 2.10. The second-order valence-electron chi connectivity index (χ2n) is 6.85. The molecule has 24 heavy (non-hydrogen) atoms. The van der Waals surface area contributed by atoms with E-state index in [4.69, 9.17) is 5.11 Å². The van der Waals surface area contributed by atoms with Gasteiger partial charge in [0.25, 0.3) is 0 Å². The smallest absolute Gasteiger partial charge is 0.124 e. The highest BCUT2D eigenvalue weighted by molar-refractivity contribution is 5.81. The van der Waals surface area contributed by atoms with E-state index in [1.54, 1.807) is 18.3 Å². The zero-order chi connectivity index (χ0) is 16.9. The highest BCUT2D eigenvalue weighted by Crippen LogP contribution is 2.22. The van der Waals surface area contributed by atoms with Crippen LogP contribution in [0.2, 0.25) is 0 Å². The predicted octanol–water partition coefficient (Wildman–Crippen LogP) is 2.51. The van der Waals surface area contributed by atoms with Gasteiger partial charge in [-0.3, -0.25) is 4.98 Å². The maximum Gasteiger partial charge on any atom is 0.124 e. The van der Waals surface area contributed by atoms with Crippen LogP contribution >= 0.6 is 0 Å². The second kappa shape index (κ2) is 8.01. The van der Waals surface area contributed by atoms with E-state index in [1.165, 1.54) is 0 Å². The van der Waals surface area contributed by atoms with Crippen molar-refractivity contribution < 1.29 is 9.50 Å². The SMILES string of the molecule is CN(Cc1cc(F)cc2cccnc12)CC1CCN(CCO)CC1. The van der Waals surface area contributed by atoms with E-state index in [2.05, 4.69) is 21.8 Å². The number of piperidine rings is 1. The van der Waals surface area contributed by atoms with Gasteiger partial charge in [-0.1, -0.05) is 6.07 Å². The standard InChI is InChI=1S/C19H26FN3O/c1-22(13-15-4-7-23(8-5-15)9-10-24)14-17-12-18(20)11-16-3-2-6-21-19(16)17/h2-3,6,11-12,15,24H,4-5,7-10,13-14H2,1H3. The van der Waals surface area contributed by atoms with Gasteiger partial charge in [0.1, 0.15) is 5.82 Å². The van der Waals surface area contributed by atoms with Crippen molar-refractivity contribution in [1.29, 1.82) is 0 Å². The number of aliphatic hydroxyl groups is 1. The largest absolute Gasteiger partial charge is 0.395 e. The molecular formula is C19H26FN3O. The summed E-state index contributed by atoms with van der Waals surface area (Å²) in [5.74, 6) is 0.467. The number of hydrogen-bond acceptors (Lipinski definition) is 4. The molecule has 1 N–H and O–H groups in total. The van der Waals surface area contributed by atoms with Crippen molar-refractivity contribution in [3.05, 3.63) is 41.8 Å². The number of likely N-dealkylation sites (tertiary alicyclic amines) is 1. The number of nitrogens with zero attached hydrogens (tertiary/aromatic N) is 3. The first-order valence-corrected chi connectivity index (χ1v) is 8.70. The lowest BCUT2D eigenvalue weighted by Crippen LogP contribution is -2.38. The highest BCUT2D eigenvalue weighted by Gasteiger charge is 2.20. The fraction of sp³-hybridized carbons (Fsp3) is 0.526. The van der Waals surface area contributed by atoms with Gasteiger partial charge in [-0.05, 0) is 62.7 Å². The lowest BCUT2D eigenvalue weighted by atomic mass is 9.96. The van der Waals surface area contributed by atoms with Crippen LogP contribution in [0.15, 0.2) is 30.5 Å². The minimum absolute atomic E-state index is 0.198. The molecule has 0 amide bonds. The molecule has 4 nitrogen and oxygen atoms in total. The van der Waals surface area contributed by atoms with Crippen LogP contribution in [-0.2, 0) is 6.54 Å². The topological polar surface area (TPSA) is 39.6 Å². The van der Waals surface area contributed by atoms with Gasteiger partial charge in [-0.15, -0.1) is 0 Å². The zero-order valence-electron chi connectivity index (χ0n) is 14.3. The Bertz CT molecular complexity index is 671. The van der Waals surface area contributed by atoms with Crippen molar-refractivity contribution in [2.45, 2.75) is 19.4 Å². The fourth-order valence-corrected chi connectivity index (χ4v) is 3.68. The monoisotopic (exact) mass is 331 g/mol. The third-order valence-corrected chi connectivity index (χ3v) is 4.88. The molecule has 0 aliphatic carbocycles. The fourth-order valence-electron chi connectivity index (χ4n) is 3.68.